The van der Waals surface area contributed by atoms with Crippen molar-refractivity contribution in [3.8, 4) is 0 Å². The predicted octanol–water partition coefficient (Wildman–Crippen LogP) is 6.41. The van der Waals surface area contributed by atoms with Crippen LogP contribution >= 0.6 is 24.8 Å². The Labute approximate surface area is 241 Å². The van der Waals surface area contributed by atoms with Crippen molar-refractivity contribution in [2.75, 3.05) is 21.7 Å². The van der Waals surface area contributed by atoms with Gasteiger partial charge in [-0.2, -0.15) is 4.98 Å². The number of benzene rings is 3. The van der Waals surface area contributed by atoms with E-state index in [1.807, 2.05) is 19.1 Å². The lowest BCUT2D eigenvalue weighted by Crippen LogP contribution is -2.11. The zero-order valence-electron chi connectivity index (χ0n) is 21.0. The minimum atomic E-state index is -0.447. The third-order valence-corrected chi connectivity index (χ3v) is 5.65. The quantitative estimate of drug-likeness (QED) is 0.126. The number of pyridine rings is 1. The van der Waals surface area contributed by atoms with Crippen LogP contribution in [-0.4, -0.2) is 25.8 Å². The standard InChI is InChI=1S/C27H22N8O3.2ClH/c1-16-14-25(34-27(28)30-16)32-19-4-2-17(3-5-19)26(36)33-20-8-6-18(7-9-20)31-23-12-13-29-24-15-21(35(37)38)10-11-22(23)24;;/h2-15H,1H3,(H,29,31)(H,33,36)(H3,28,30,32,34);2*1H. The number of nitrogen functional groups attached to an aromatic ring is 1. The van der Waals surface area contributed by atoms with E-state index in [-0.39, 0.29) is 42.4 Å². The number of non-ortho nitro benzene ring substituents is 1. The van der Waals surface area contributed by atoms with Gasteiger partial charge in [-0.05, 0) is 67.6 Å². The molecule has 0 aliphatic rings. The molecule has 11 nitrogen and oxygen atoms in total. The Morgan fingerprint density at radius 1 is 0.850 bits per heavy atom. The number of aryl methyl sites for hydroxylation is 1. The van der Waals surface area contributed by atoms with Gasteiger partial charge in [-0.3, -0.25) is 19.9 Å². The van der Waals surface area contributed by atoms with Crippen molar-refractivity contribution in [1.82, 2.24) is 15.0 Å². The molecule has 5 aromatic rings. The molecule has 0 spiro atoms. The van der Waals surface area contributed by atoms with Crippen LogP contribution in [0.5, 0.6) is 0 Å². The zero-order valence-corrected chi connectivity index (χ0v) is 22.6. The number of fused-ring (bicyclic) bond motifs is 1. The van der Waals surface area contributed by atoms with Crippen LogP contribution < -0.4 is 21.7 Å². The first-order valence-corrected chi connectivity index (χ1v) is 11.5. The van der Waals surface area contributed by atoms with Crippen LogP contribution in [0, 0.1) is 17.0 Å². The second kappa shape index (κ2) is 12.7. The van der Waals surface area contributed by atoms with Crippen molar-refractivity contribution in [2.24, 2.45) is 0 Å². The predicted molar refractivity (Wildman–Crippen MR) is 161 cm³/mol. The highest BCUT2D eigenvalue weighted by Crippen LogP contribution is 2.28. The largest absolute Gasteiger partial charge is 0.368 e. The summed E-state index contributed by atoms with van der Waals surface area (Å²) in [5.41, 5.74) is 10.4. The van der Waals surface area contributed by atoms with E-state index in [1.54, 1.807) is 60.8 Å². The first kappa shape index (κ1) is 29.6. The molecular formula is C27H24Cl2N8O3. The van der Waals surface area contributed by atoms with Crippen LogP contribution in [-0.2, 0) is 0 Å². The summed E-state index contributed by atoms with van der Waals surface area (Å²) in [4.78, 5) is 35.7. The van der Waals surface area contributed by atoms with E-state index < -0.39 is 4.92 Å². The van der Waals surface area contributed by atoms with Gasteiger partial charge >= 0.3 is 0 Å². The monoisotopic (exact) mass is 578 g/mol. The third kappa shape index (κ3) is 6.90. The van der Waals surface area contributed by atoms with Crippen molar-refractivity contribution < 1.29 is 9.72 Å². The van der Waals surface area contributed by atoms with E-state index >= 15 is 0 Å². The van der Waals surface area contributed by atoms with Gasteiger partial charge in [-0.15, -0.1) is 24.8 Å². The Hall–Kier alpha value is -5.00. The number of carbonyl (C=O) groups excluding carboxylic acids is 1. The first-order valence-electron chi connectivity index (χ1n) is 11.5. The minimum absolute atomic E-state index is 0. The average molecular weight is 579 g/mol. The van der Waals surface area contributed by atoms with E-state index in [2.05, 4.69) is 30.9 Å². The summed E-state index contributed by atoms with van der Waals surface area (Å²) in [5, 5.41) is 21.1. The lowest BCUT2D eigenvalue weighted by atomic mass is 10.1. The molecule has 13 heteroatoms. The van der Waals surface area contributed by atoms with Gasteiger partial charge in [0.2, 0.25) is 5.95 Å². The van der Waals surface area contributed by atoms with E-state index in [9.17, 15) is 14.9 Å². The molecule has 0 aliphatic carbocycles. The molecule has 0 atom stereocenters. The fourth-order valence-corrected chi connectivity index (χ4v) is 3.86. The summed E-state index contributed by atoms with van der Waals surface area (Å²) in [6.45, 7) is 1.83. The first-order chi connectivity index (χ1) is 18.3. The maximum atomic E-state index is 12.7. The number of hydrogen-bond acceptors (Lipinski definition) is 9. The molecule has 0 unspecified atom stereocenters. The molecular weight excluding hydrogens is 555 g/mol. The number of aromatic nitrogens is 3. The van der Waals surface area contributed by atoms with E-state index in [0.717, 1.165) is 28.1 Å². The van der Waals surface area contributed by atoms with Gasteiger partial charge in [0.05, 0.1) is 10.4 Å². The molecule has 2 heterocycles. The topological polar surface area (TPSA) is 161 Å². The number of halogens is 2. The van der Waals surface area contributed by atoms with E-state index in [0.29, 0.717) is 22.6 Å². The molecule has 2 aromatic heterocycles. The van der Waals surface area contributed by atoms with Gasteiger partial charge in [0.15, 0.2) is 0 Å². The van der Waals surface area contributed by atoms with Gasteiger partial charge in [0, 0.05) is 63.8 Å². The summed E-state index contributed by atoms with van der Waals surface area (Å²) in [7, 11) is 0. The van der Waals surface area contributed by atoms with Crippen LogP contribution in [0.15, 0.2) is 85.1 Å². The summed E-state index contributed by atoms with van der Waals surface area (Å²) >= 11 is 0. The number of nitrogens with one attached hydrogen (secondary N) is 3. The minimum Gasteiger partial charge on any atom is -0.368 e. The Bertz CT molecular complexity index is 1650. The van der Waals surface area contributed by atoms with Crippen LogP contribution in [0.4, 0.5) is 40.2 Å². The number of hydrogen-bond donors (Lipinski definition) is 4. The smallest absolute Gasteiger partial charge is 0.271 e. The maximum absolute atomic E-state index is 12.7. The van der Waals surface area contributed by atoms with Crippen molar-refractivity contribution in [1.29, 1.82) is 0 Å². The SMILES string of the molecule is Cc1cc(Nc2ccc(C(=O)Nc3ccc(Nc4ccnc5cc([N+](=O)[O-])ccc45)cc3)cc2)nc(N)n1.Cl.Cl. The molecule has 0 saturated heterocycles. The Kier molecular flexibility index (Phi) is 9.38. The van der Waals surface area contributed by atoms with Crippen LogP contribution in [0.25, 0.3) is 10.9 Å². The fourth-order valence-electron chi connectivity index (χ4n) is 3.86. The van der Waals surface area contributed by atoms with Crippen molar-refractivity contribution in [2.45, 2.75) is 6.92 Å². The molecule has 0 radical (unpaired) electrons. The molecule has 0 bridgehead atoms. The average Bonchev–Trinajstić information content (AvgIpc) is 2.89. The van der Waals surface area contributed by atoms with Gasteiger partial charge in [-0.1, -0.05) is 0 Å². The highest BCUT2D eigenvalue weighted by atomic mass is 35.5. The van der Waals surface area contributed by atoms with Crippen molar-refractivity contribution >= 4 is 81.8 Å². The lowest BCUT2D eigenvalue weighted by Gasteiger charge is -2.11. The van der Waals surface area contributed by atoms with Gasteiger partial charge in [0.1, 0.15) is 5.82 Å². The van der Waals surface area contributed by atoms with Gasteiger partial charge in [-0.25, -0.2) is 4.98 Å². The van der Waals surface area contributed by atoms with Crippen LogP contribution in [0.3, 0.4) is 0 Å². The second-order valence-corrected chi connectivity index (χ2v) is 8.43. The number of nitro groups is 1. The third-order valence-electron chi connectivity index (χ3n) is 5.65. The second-order valence-electron chi connectivity index (χ2n) is 8.43. The van der Waals surface area contributed by atoms with E-state index in [1.165, 1.54) is 12.1 Å². The number of nitrogens with zero attached hydrogens (tertiary/aromatic N) is 4. The molecule has 0 saturated carbocycles. The molecule has 0 aliphatic heterocycles. The van der Waals surface area contributed by atoms with Crippen molar-refractivity contribution in [3.05, 3.63) is 106 Å². The number of nitrogens with two attached hydrogens (primary N) is 1. The fraction of sp³-hybridized carbons (Fsp3) is 0.0370. The maximum Gasteiger partial charge on any atom is 0.271 e. The molecule has 5 N–H and O–H groups in total. The number of carbonyl (C=O) groups is 1. The Balaban J connectivity index is 0.00000220. The van der Waals surface area contributed by atoms with Crippen molar-refractivity contribution in [3.63, 3.8) is 0 Å². The molecule has 5 rings (SSSR count). The Morgan fingerprint density at radius 3 is 2.17 bits per heavy atom. The number of rotatable bonds is 7. The summed E-state index contributed by atoms with van der Waals surface area (Å²) < 4.78 is 0. The highest BCUT2D eigenvalue weighted by Gasteiger charge is 2.10. The lowest BCUT2D eigenvalue weighted by molar-refractivity contribution is -0.384. The number of amides is 1. The van der Waals surface area contributed by atoms with E-state index in [4.69, 9.17) is 5.73 Å². The molecule has 204 valence electrons. The normalized spacial score (nSPS) is 10.1. The van der Waals surface area contributed by atoms with Gasteiger partial charge in [0.25, 0.3) is 11.6 Å². The van der Waals surface area contributed by atoms with Crippen LogP contribution in [0.1, 0.15) is 16.1 Å². The molecule has 1 amide bonds. The summed E-state index contributed by atoms with van der Waals surface area (Å²) in [5.74, 6) is 0.508. The van der Waals surface area contributed by atoms with Crippen LogP contribution in [0.2, 0.25) is 0 Å². The summed E-state index contributed by atoms with van der Waals surface area (Å²) in [6.07, 6.45) is 1.59. The zero-order chi connectivity index (χ0) is 26.6. The molecule has 40 heavy (non-hydrogen) atoms. The Morgan fingerprint density at radius 2 is 1.50 bits per heavy atom. The highest BCUT2D eigenvalue weighted by molar-refractivity contribution is 6.04. The number of nitro benzene ring substituents is 1. The van der Waals surface area contributed by atoms with Gasteiger partial charge < -0.3 is 21.7 Å². The molecule has 3 aromatic carbocycles. The summed E-state index contributed by atoms with van der Waals surface area (Å²) in [6, 6.07) is 22.3. The molecule has 0 fully saturated rings. The number of anilines is 6.